The molecule has 1 aromatic heterocycles. The first-order valence-corrected chi connectivity index (χ1v) is 7.56. The van der Waals surface area contributed by atoms with Crippen LogP contribution in [-0.2, 0) is 6.42 Å². The van der Waals surface area contributed by atoms with E-state index in [-0.39, 0.29) is 0 Å². The quantitative estimate of drug-likeness (QED) is 0.764. The van der Waals surface area contributed by atoms with Crippen molar-refractivity contribution in [1.82, 2.24) is 4.98 Å². The zero-order valence-electron chi connectivity index (χ0n) is 11.3. The first kappa shape index (κ1) is 11.3. The van der Waals surface area contributed by atoms with E-state index in [0.29, 0.717) is 0 Å². The third kappa shape index (κ3) is 1.81. The summed E-state index contributed by atoms with van der Waals surface area (Å²) in [5.74, 6) is 0. The lowest BCUT2D eigenvalue weighted by Gasteiger charge is -2.39. The average Bonchev–Trinajstić information content (AvgIpc) is 2.49. The Hall–Kier alpha value is -1.57. The Balaban J connectivity index is 1.82. The topological polar surface area (TPSA) is 16.1 Å². The smallest absolute Gasteiger partial charge is 0.0452 e. The fourth-order valence-electron chi connectivity index (χ4n) is 3.85. The second kappa shape index (κ2) is 4.52. The molecule has 19 heavy (non-hydrogen) atoms. The second-order valence-electron chi connectivity index (χ2n) is 5.91. The Morgan fingerprint density at radius 1 is 1.05 bits per heavy atom. The molecule has 1 saturated carbocycles. The first-order valence-electron chi connectivity index (χ1n) is 7.56. The third-order valence-electron chi connectivity index (χ3n) is 4.79. The van der Waals surface area contributed by atoms with Gasteiger partial charge in [-0.2, -0.15) is 0 Å². The van der Waals surface area contributed by atoms with E-state index in [0.717, 1.165) is 12.5 Å². The van der Waals surface area contributed by atoms with Crippen LogP contribution in [0.15, 0.2) is 30.6 Å². The molecule has 0 saturated heterocycles. The summed E-state index contributed by atoms with van der Waals surface area (Å²) in [5, 5.41) is 2.75. The van der Waals surface area contributed by atoms with Gasteiger partial charge in [-0.25, -0.2) is 0 Å². The van der Waals surface area contributed by atoms with E-state index in [1.54, 1.807) is 0 Å². The number of pyridine rings is 1. The van der Waals surface area contributed by atoms with Gasteiger partial charge in [0, 0.05) is 41.4 Å². The van der Waals surface area contributed by atoms with Gasteiger partial charge in [0.2, 0.25) is 0 Å². The van der Waals surface area contributed by atoms with Gasteiger partial charge >= 0.3 is 0 Å². The van der Waals surface area contributed by atoms with Crippen LogP contribution in [0.3, 0.4) is 0 Å². The van der Waals surface area contributed by atoms with Crippen LogP contribution in [-0.4, -0.2) is 17.6 Å². The van der Waals surface area contributed by atoms with Crippen molar-refractivity contribution >= 4 is 16.5 Å². The monoisotopic (exact) mass is 252 g/mol. The van der Waals surface area contributed by atoms with E-state index < -0.39 is 0 Å². The van der Waals surface area contributed by atoms with E-state index in [1.165, 1.54) is 60.7 Å². The molecule has 0 atom stereocenters. The highest BCUT2D eigenvalue weighted by Crippen LogP contribution is 2.37. The summed E-state index contributed by atoms with van der Waals surface area (Å²) in [6.45, 7) is 1.17. The van der Waals surface area contributed by atoms with Crippen LogP contribution in [0.4, 0.5) is 5.69 Å². The summed E-state index contributed by atoms with van der Waals surface area (Å²) in [6, 6.07) is 7.45. The number of aromatic nitrogens is 1. The van der Waals surface area contributed by atoms with Crippen LogP contribution in [0, 0.1) is 0 Å². The Morgan fingerprint density at radius 3 is 2.84 bits per heavy atom. The van der Waals surface area contributed by atoms with Crippen LogP contribution < -0.4 is 4.90 Å². The molecular formula is C17H20N2. The molecule has 2 nitrogen and oxygen atoms in total. The number of hydrogen-bond acceptors (Lipinski definition) is 2. The molecule has 0 unspecified atom stereocenters. The normalized spacial score (nSPS) is 19.9. The number of benzene rings is 1. The summed E-state index contributed by atoms with van der Waals surface area (Å²) in [4.78, 5) is 7.05. The van der Waals surface area contributed by atoms with Gasteiger partial charge in [0.1, 0.15) is 0 Å². The van der Waals surface area contributed by atoms with Gasteiger partial charge in [-0.3, -0.25) is 4.98 Å². The van der Waals surface area contributed by atoms with Gasteiger partial charge in [-0.1, -0.05) is 31.4 Å². The number of anilines is 1. The highest BCUT2D eigenvalue weighted by molar-refractivity contribution is 5.97. The van der Waals surface area contributed by atoms with Crippen molar-refractivity contribution in [3.8, 4) is 0 Å². The lowest BCUT2D eigenvalue weighted by Crippen LogP contribution is -2.40. The lowest BCUT2D eigenvalue weighted by molar-refractivity contribution is 0.414. The second-order valence-corrected chi connectivity index (χ2v) is 5.91. The maximum absolute atomic E-state index is 4.38. The maximum Gasteiger partial charge on any atom is 0.0452 e. The molecule has 2 heteroatoms. The molecule has 1 aromatic carbocycles. The standard InChI is InChI=1S/C17H20N2/c1-2-6-15(7-3-1)19-10-9-14-12-18-11-13-5-4-8-16(19)17(13)14/h4-5,8,11-12,15H,1-3,6-7,9-10H2. The Morgan fingerprint density at radius 2 is 1.95 bits per heavy atom. The molecule has 1 aliphatic heterocycles. The minimum atomic E-state index is 0.765. The van der Waals surface area contributed by atoms with Crippen LogP contribution in [0.2, 0.25) is 0 Å². The summed E-state index contributed by atoms with van der Waals surface area (Å²) >= 11 is 0. The summed E-state index contributed by atoms with van der Waals surface area (Å²) in [5.41, 5.74) is 2.88. The molecule has 1 aliphatic carbocycles. The molecule has 1 fully saturated rings. The van der Waals surface area contributed by atoms with Crippen molar-refractivity contribution < 1.29 is 0 Å². The van der Waals surface area contributed by atoms with Gasteiger partial charge < -0.3 is 4.90 Å². The minimum Gasteiger partial charge on any atom is -0.368 e. The van der Waals surface area contributed by atoms with Crippen molar-refractivity contribution in [2.45, 2.75) is 44.6 Å². The summed E-state index contributed by atoms with van der Waals surface area (Å²) in [7, 11) is 0. The molecule has 0 N–H and O–H groups in total. The fraction of sp³-hybridized carbons (Fsp3) is 0.471. The van der Waals surface area contributed by atoms with Crippen molar-refractivity contribution in [2.75, 3.05) is 11.4 Å². The Bertz CT molecular complexity index is 594. The van der Waals surface area contributed by atoms with Crippen molar-refractivity contribution in [1.29, 1.82) is 0 Å². The Kier molecular flexibility index (Phi) is 2.68. The van der Waals surface area contributed by atoms with E-state index in [1.807, 2.05) is 6.20 Å². The largest absolute Gasteiger partial charge is 0.368 e. The van der Waals surface area contributed by atoms with Crippen molar-refractivity contribution in [3.05, 3.63) is 36.2 Å². The number of rotatable bonds is 1. The molecule has 0 amide bonds. The third-order valence-corrected chi connectivity index (χ3v) is 4.79. The molecule has 98 valence electrons. The van der Waals surface area contributed by atoms with Crippen LogP contribution in [0.5, 0.6) is 0 Å². The van der Waals surface area contributed by atoms with E-state index in [2.05, 4.69) is 34.3 Å². The number of nitrogens with zero attached hydrogens (tertiary/aromatic N) is 2. The van der Waals surface area contributed by atoms with Gasteiger partial charge in [0.05, 0.1) is 0 Å². The zero-order chi connectivity index (χ0) is 12.7. The predicted octanol–water partition coefficient (Wildman–Crippen LogP) is 3.93. The van der Waals surface area contributed by atoms with Gasteiger partial charge in [0.25, 0.3) is 0 Å². The molecular weight excluding hydrogens is 232 g/mol. The fourth-order valence-corrected chi connectivity index (χ4v) is 3.85. The van der Waals surface area contributed by atoms with Crippen molar-refractivity contribution in [2.24, 2.45) is 0 Å². The molecule has 0 spiro atoms. The summed E-state index contributed by atoms with van der Waals surface area (Å²) < 4.78 is 0. The van der Waals surface area contributed by atoms with Crippen LogP contribution in [0.1, 0.15) is 37.7 Å². The van der Waals surface area contributed by atoms with E-state index >= 15 is 0 Å². The average molecular weight is 252 g/mol. The first-order chi connectivity index (χ1) is 9.43. The summed E-state index contributed by atoms with van der Waals surface area (Å²) in [6.07, 6.45) is 12.2. The Labute approximate surface area is 114 Å². The lowest BCUT2D eigenvalue weighted by atomic mass is 9.90. The van der Waals surface area contributed by atoms with Crippen molar-refractivity contribution in [3.63, 3.8) is 0 Å². The van der Waals surface area contributed by atoms with Crippen LogP contribution >= 0.6 is 0 Å². The van der Waals surface area contributed by atoms with Crippen LogP contribution in [0.25, 0.3) is 10.8 Å². The maximum atomic E-state index is 4.38. The highest BCUT2D eigenvalue weighted by atomic mass is 15.2. The van der Waals surface area contributed by atoms with E-state index in [4.69, 9.17) is 0 Å². The van der Waals surface area contributed by atoms with Gasteiger partial charge in [-0.05, 0) is 30.9 Å². The van der Waals surface area contributed by atoms with E-state index in [9.17, 15) is 0 Å². The van der Waals surface area contributed by atoms with Gasteiger partial charge in [-0.15, -0.1) is 0 Å². The molecule has 0 bridgehead atoms. The molecule has 2 heterocycles. The molecule has 4 rings (SSSR count). The predicted molar refractivity (Wildman–Crippen MR) is 79.7 cm³/mol. The minimum absolute atomic E-state index is 0.765. The molecule has 2 aliphatic rings. The zero-order valence-corrected chi connectivity index (χ0v) is 11.3. The number of hydrogen-bond donors (Lipinski definition) is 0. The molecule has 2 aromatic rings. The SMILES string of the molecule is c1cc2c3c(cncc3c1)CCN2C1CCCCC1. The molecule has 0 radical (unpaired) electrons. The van der Waals surface area contributed by atoms with Gasteiger partial charge in [0.15, 0.2) is 0 Å². The highest BCUT2D eigenvalue weighted by Gasteiger charge is 2.26.